The van der Waals surface area contributed by atoms with Gasteiger partial charge in [-0.05, 0) is 47.7 Å². The fraction of sp³-hybridized carbons (Fsp3) is 0. The summed E-state index contributed by atoms with van der Waals surface area (Å²) in [6.45, 7) is 3.25. The van der Waals surface area contributed by atoms with Gasteiger partial charge in [-0.15, -0.1) is 0 Å². The van der Waals surface area contributed by atoms with E-state index in [2.05, 4.69) is 189 Å². The summed E-state index contributed by atoms with van der Waals surface area (Å²) in [5, 5.41) is 8.39. The van der Waals surface area contributed by atoms with Gasteiger partial charge in [0.15, 0.2) is 6.79 Å². The van der Waals surface area contributed by atoms with Crippen molar-refractivity contribution in [3.8, 4) is 0 Å². The van der Waals surface area contributed by atoms with Gasteiger partial charge in [0.1, 0.15) is 0 Å². The quantitative estimate of drug-likeness (QED) is 0.187. The Labute approximate surface area is 272 Å². The van der Waals surface area contributed by atoms with E-state index in [-0.39, 0.29) is 32.5 Å². The van der Waals surface area contributed by atoms with E-state index in [0.29, 0.717) is 0 Å². The van der Waals surface area contributed by atoms with Gasteiger partial charge in [-0.1, -0.05) is 182 Å². The maximum atomic E-state index is 7.75. The minimum Gasteiger partial charge on any atom is -1.00 e. The Morgan fingerprint density at radius 3 is 0.524 bits per heavy atom. The predicted molar refractivity (Wildman–Crippen MR) is 177 cm³/mol. The summed E-state index contributed by atoms with van der Waals surface area (Å²) in [6, 6.07) is 64.7. The minimum absolute atomic E-state index is 0. The Hall–Kier alpha value is -3.21. The SMILES string of the molecule is [CH]=O.[Cl-].[Ir].c1ccc(P(c2ccccc2)c2ccccc2)cc1.c1ccc(P(c2ccccc2)c2ccccc2)cc1. The Morgan fingerprint density at radius 1 is 0.286 bits per heavy atom. The molecule has 1 nitrogen and oxygen atoms in total. The topological polar surface area (TPSA) is 17.1 Å². The molecule has 0 amide bonds. The van der Waals surface area contributed by atoms with Crippen molar-refractivity contribution < 1.29 is 37.3 Å². The van der Waals surface area contributed by atoms with E-state index in [1.807, 2.05) is 0 Å². The molecular formula is C37H31ClIrOP2-. The number of halogens is 1. The molecule has 0 aliphatic carbocycles. The van der Waals surface area contributed by atoms with Crippen LogP contribution in [0.2, 0.25) is 0 Å². The van der Waals surface area contributed by atoms with Crippen LogP contribution in [-0.2, 0) is 24.9 Å². The molecule has 212 valence electrons. The van der Waals surface area contributed by atoms with E-state index in [9.17, 15) is 0 Å². The molecule has 0 spiro atoms. The standard InChI is InChI=1S/2C18H15P.CHO.ClH.Ir/c2*1-4-10-16(11-5-1)19(17-12-6-2-7-13-17)18-14-8-3-9-15-18;1-2;;/h2*1-15H;1H;1H;/p-1. The molecular weight excluding hydrogens is 750 g/mol. The van der Waals surface area contributed by atoms with Crippen LogP contribution >= 0.6 is 15.8 Å². The van der Waals surface area contributed by atoms with Crippen LogP contribution in [0.15, 0.2) is 182 Å². The van der Waals surface area contributed by atoms with E-state index in [0.717, 1.165) is 0 Å². The molecule has 6 rings (SSSR count). The van der Waals surface area contributed by atoms with Crippen molar-refractivity contribution >= 4 is 54.5 Å². The van der Waals surface area contributed by atoms with Crippen molar-refractivity contribution in [3.63, 3.8) is 0 Å². The third-order valence-electron chi connectivity index (χ3n) is 6.09. The van der Waals surface area contributed by atoms with E-state index >= 15 is 0 Å². The summed E-state index contributed by atoms with van der Waals surface area (Å²) in [4.78, 5) is 7.75. The maximum Gasteiger partial charge on any atom is 0.182 e. The molecule has 0 aliphatic heterocycles. The number of hydrogen-bond donors (Lipinski definition) is 0. The molecule has 42 heavy (non-hydrogen) atoms. The summed E-state index contributed by atoms with van der Waals surface area (Å²) in [5.74, 6) is 0. The Kier molecular flexibility index (Phi) is 16.5. The van der Waals surface area contributed by atoms with E-state index in [1.165, 1.54) is 31.8 Å². The van der Waals surface area contributed by atoms with Gasteiger partial charge in [0.05, 0.1) is 0 Å². The number of carbonyl (C=O) groups excluding carboxylic acids is 1. The van der Waals surface area contributed by atoms with Gasteiger partial charge in [-0.2, -0.15) is 0 Å². The van der Waals surface area contributed by atoms with E-state index < -0.39 is 15.8 Å². The monoisotopic (exact) mass is 781 g/mol. The summed E-state index contributed by atoms with van der Waals surface area (Å²) in [7, 11) is -0.892. The van der Waals surface area contributed by atoms with Crippen molar-refractivity contribution in [1.82, 2.24) is 0 Å². The summed E-state index contributed by atoms with van der Waals surface area (Å²) >= 11 is 0. The molecule has 0 aliphatic rings. The molecule has 0 atom stereocenters. The summed E-state index contributed by atoms with van der Waals surface area (Å²) in [6.07, 6.45) is 0. The molecule has 6 aromatic rings. The van der Waals surface area contributed by atoms with Gasteiger partial charge < -0.3 is 12.4 Å². The average Bonchev–Trinajstić information content (AvgIpc) is 3.06. The van der Waals surface area contributed by atoms with E-state index in [1.54, 1.807) is 0 Å². The molecule has 0 saturated carbocycles. The van der Waals surface area contributed by atoms with Crippen molar-refractivity contribution in [2.75, 3.05) is 0 Å². The molecule has 0 heterocycles. The van der Waals surface area contributed by atoms with Crippen LogP contribution in [0.1, 0.15) is 0 Å². The van der Waals surface area contributed by atoms with Crippen molar-refractivity contribution in [2.45, 2.75) is 0 Å². The van der Waals surface area contributed by atoms with Crippen LogP contribution < -0.4 is 44.2 Å². The molecule has 0 saturated heterocycles. The second kappa shape index (κ2) is 19.8. The van der Waals surface area contributed by atoms with Crippen LogP contribution in [0.5, 0.6) is 0 Å². The first-order valence-electron chi connectivity index (χ1n) is 13.0. The van der Waals surface area contributed by atoms with Gasteiger partial charge in [0.2, 0.25) is 0 Å². The normalized spacial score (nSPS) is 9.67. The van der Waals surface area contributed by atoms with Crippen molar-refractivity contribution in [1.29, 1.82) is 0 Å². The van der Waals surface area contributed by atoms with Crippen LogP contribution in [0, 0.1) is 0 Å². The second-order valence-corrected chi connectivity index (χ2v) is 13.1. The third-order valence-corrected chi connectivity index (χ3v) is 11.0. The van der Waals surface area contributed by atoms with Crippen molar-refractivity contribution in [3.05, 3.63) is 182 Å². The largest absolute Gasteiger partial charge is 1.00 e. The molecule has 0 N–H and O–H groups in total. The summed E-state index contributed by atoms with van der Waals surface area (Å²) < 4.78 is 0. The number of benzene rings is 6. The predicted octanol–water partition coefficient (Wildman–Crippen LogP) is 3.62. The molecule has 0 aromatic heterocycles. The van der Waals surface area contributed by atoms with Crippen molar-refractivity contribution in [2.24, 2.45) is 0 Å². The van der Waals surface area contributed by atoms with E-state index in [4.69, 9.17) is 4.79 Å². The second-order valence-electron chi connectivity index (χ2n) is 8.68. The smallest absolute Gasteiger partial charge is 0.182 e. The third kappa shape index (κ3) is 9.96. The van der Waals surface area contributed by atoms with Crippen LogP contribution in [0.25, 0.3) is 0 Å². The van der Waals surface area contributed by atoms with Crippen LogP contribution in [0.4, 0.5) is 0 Å². The fourth-order valence-electron chi connectivity index (χ4n) is 4.36. The maximum absolute atomic E-state index is 7.75. The fourth-order valence-corrected chi connectivity index (χ4v) is 8.97. The number of hydrogen-bond acceptors (Lipinski definition) is 1. The Morgan fingerprint density at radius 2 is 0.405 bits per heavy atom. The first-order chi connectivity index (χ1) is 19.9. The molecule has 5 heteroatoms. The molecule has 2 radical (unpaired) electrons. The first-order valence-corrected chi connectivity index (χ1v) is 15.7. The van der Waals surface area contributed by atoms with Gasteiger partial charge in [-0.3, -0.25) is 4.79 Å². The van der Waals surface area contributed by atoms with Gasteiger partial charge in [0.25, 0.3) is 0 Å². The van der Waals surface area contributed by atoms with Crippen LogP contribution in [0.3, 0.4) is 0 Å². The average molecular weight is 781 g/mol. The zero-order valence-electron chi connectivity index (χ0n) is 22.9. The Balaban J connectivity index is 0.000000265. The van der Waals surface area contributed by atoms with Gasteiger partial charge in [0, 0.05) is 20.1 Å². The minimum atomic E-state index is -0.446. The molecule has 0 fully saturated rings. The molecule has 6 aromatic carbocycles. The zero-order chi connectivity index (χ0) is 27.8. The van der Waals surface area contributed by atoms with Crippen LogP contribution in [-0.4, -0.2) is 6.79 Å². The zero-order valence-corrected chi connectivity index (χ0v) is 27.9. The summed E-state index contributed by atoms with van der Waals surface area (Å²) in [5.41, 5.74) is 0. The first kappa shape index (κ1) is 35.0. The molecule has 0 bridgehead atoms. The van der Waals surface area contributed by atoms with Gasteiger partial charge >= 0.3 is 0 Å². The Bertz CT molecular complexity index is 1200. The molecule has 0 unspecified atom stereocenters. The van der Waals surface area contributed by atoms with Gasteiger partial charge in [-0.25, -0.2) is 0 Å². The number of rotatable bonds is 6.